The fraction of sp³-hybridized carbons (Fsp3) is 0.321. The minimum Gasteiger partial charge on any atom is -0.493 e. The normalized spacial score (nSPS) is 20.1. The third-order valence-corrected chi connectivity index (χ3v) is 23.1. The van der Waals surface area contributed by atoms with E-state index in [0.717, 1.165) is 26.3 Å². The van der Waals surface area contributed by atoms with Crippen LogP contribution < -0.4 is 39.7 Å². The van der Waals surface area contributed by atoms with Crippen molar-refractivity contribution >= 4 is 37.4 Å². The molecule has 6 aromatic carbocycles. The molecular formula is C53H60O8Si2. The van der Waals surface area contributed by atoms with Gasteiger partial charge in [0.05, 0.1) is 20.3 Å². The van der Waals surface area contributed by atoms with E-state index in [0.29, 0.717) is 28.6 Å². The molecule has 328 valence electrons. The van der Waals surface area contributed by atoms with Crippen molar-refractivity contribution in [2.75, 3.05) is 34.2 Å². The van der Waals surface area contributed by atoms with Crippen LogP contribution in [0.25, 0.3) is 0 Å². The number of rotatable bonds is 14. The molecular weight excluding hydrogens is 821 g/mol. The Hall–Kier alpha value is -5.21. The first-order valence-corrected chi connectivity index (χ1v) is 25.6. The number of hydrogen-bond acceptors (Lipinski definition) is 8. The van der Waals surface area contributed by atoms with E-state index in [2.05, 4.69) is 151 Å². The Morgan fingerprint density at radius 1 is 0.556 bits per heavy atom. The van der Waals surface area contributed by atoms with Gasteiger partial charge in [0.15, 0.2) is 28.8 Å². The second-order valence-corrected chi connectivity index (χ2v) is 27.2. The van der Waals surface area contributed by atoms with Gasteiger partial charge in [-0.25, -0.2) is 0 Å². The molecule has 8 nitrogen and oxygen atoms in total. The van der Waals surface area contributed by atoms with E-state index >= 15 is 0 Å². The number of benzene rings is 6. The lowest BCUT2D eigenvalue weighted by Gasteiger charge is -2.45. The van der Waals surface area contributed by atoms with Crippen LogP contribution in [-0.4, -0.2) is 56.0 Å². The first kappa shape index (κ1) is 44.4. The Balaban J connectivity index is 1.34. The molecule has 0 aliphatic carbocycles. The monoisotopic (exact) mass is 880 g/mol. The predicted octanol–water partition coefficient (Wildman–Crippen LogP) is 8.73. The summed E-state index contributed by atoms with van der Waals surface area (Å²) < 4.78 is 46.1. The average molecular weight is 881 g/mol. The van der Waals surface area contributed by atoms with Crippen LogP contribution in [0.15, 0.2) is 158 Å². The minimum atomic E-state index is -3.13. The van der Waals surface area contributed by atoms with Gasteiger partial charge >= 0.3 is 0 Å². The highest BCUT2D eigenvalue weighted by Crippen LogP contribution is 2.55. The molecule has 0 bridgehead atoms. The van der Waals surface area contributed by atoms with E-state index in [9.17, 15) is 5.11 Å². The molecule has 8 rings (SSSR count). The van der Waals surface area contributed by atoms with Crippen molar-refractivity contribution < 1.29 is 37.6 Å². The average Bonchev–Trinajstić information content (AvgIpc) is 3.89. The van der Waals surface area contributed by atoms with Gasteiger partial charge in [-0.3, -0.25) is 0 Å². The topological polar surface area (TPSA) is 84.8 Å². The van der Waals surface area contributed by atoms with Crippen molar-refractivity contribution in [2.45, 2.75) is 63.5 Å². The number of aliphatic hydroxyl groups is 1. The number of methoxy groups -OCH3 is 2. The third kappa shape index (κ3) is 8.02. The molecule has 2 heterocycles. The SMILES string of the molecule is COc1ccc([C@@H]2OC(O)(c3ccc4c(c3)OCO4)[C@H](CO[Si](c3ccccc3)(c3ccccc3)C(C)(C)C)[C@H]2CO[Si](c2ccccc2)(c2ccccc2)C(C)(C)C)cc1OC. The van der Waals surface area contributed by atoms with Crippen LogP contribution in [0.4, 0.5) is 0 Å². The largest absolute Gasteiger partial charge is 0.493 e. The van der Waals surface area contributed by atoms with Crippen LogP contribution in [0, 0.1) is 11.8 Å². The van der Waals surface area contributed by atoms with Crippen molar-refractivity contribution in [3.63, 3.8) is 0 Å². The second-order valence-electron chi connectivity index (χ2n) is 18.6. The Morgan fingerprint density at radius 2 is 1.02 bits per heavy atom. The summed E-state index contributed by atoms with van der Waals surface area (Å²) in [7, 11) is -2.97. The van der Waals surface area contributed by atoms with Crippen LogP contribution >= 0.6 is 0 Å². The highest BCUT2D eigenvalue weighted by molar-refractivity contribution is 7.00. The van der Waals surface area contributed by atoms with E-state index in [1.54, 1.807) is 14.2 Å². The van der Waals surface area contributed by atoms with Crippen molar-refractivity contribution in [1.29, 1.82) is 0 Å². The van der Waals surface area contributed by atoms with Gasteiger partial charge in [0, 0.05) is 30.6 Å². The summed E-state index contributed by atoms with van der Waals surface area (Å²) in [5.41, 5.74) is 1.36. The van der Waals surface area contributed by atoms with E-state index in [-0.39, 0.29) is 30.1 Å². The van der Waals surface area contributed by atoms with Crippen molar-refractivity contribution in [1.82, 2.24) is 0 Å². The van der Waals surface area contributed by atoms with Gasteiger partial charge in [0.2, 0.25) is 6.79 Å². The summed E-state index contributed by atoms with van der Waals surface area (Å²) in [5.74, 6) is -0.659. The molecule has 2 aliphatic rings. The summed E-state index contributed by atoms with van der Waals surface area (Å²) >= 11 is 0. The Labute approximate surface area is 375 Å². The molecule has 0 spiro atoms. The van der Waals surface area contributed by atoms with E-state index < -0.39 is 40.4 Å². The number of ether oxygens (including phenoxy) is 5. The third-order valence-electron chi connectivity index (χ3n) is 13.0. The van der Waals surface area contributed by atoms with Crippen LogP contribution in [0.5, 0.6) is 23.0 Å². The maximum atomic E-state index is 13.7. The molecule has 0 radical (unpaired) electrons. The molecule has 6 aromatic rings. The van der Waals surface area contributed by atoms with Crippen LogP contribution in [0.2, 0.25) is 10.1 Å². The molecule has 1 N–H and O–H groups in total. The van der Waals surface area contributed by atoms with Gasteiger partial charge in [-0.05, 0) is 66.7 Å². The van der Waals surface area contributed by atoms with Crippen molar-refractivity contribution in [2.24, 2.45) is 11.8 Å². The Bertz CT molecular complexity index is 2380. The lowest BCUT2D eigenvalue weighted by Crippen LogP contribution is -2.67. The minimum absolute atomic E-state index is 0.0989. The maximum absolute atomic E-state index is 13.7. The van der Waals surface area contributed by atoms with Crippen molar-refractivity contribution in [3.8, 4) is 23.0 Å². The Morgan fingerprint density at radius 3 is 1.48 bits per heavy atom. The fourth-order valence-electron chi connectivity index (χ4n) is 10.0. The smallest absolute Gasteiger partial charge is 0.261 e. The highest BCUT2D eigenvalue weighted by Gasteiger charge is 2.60. The summed E-state index contributed by atoms with van der Waals surface area (Å²) in [4.78, 5) is 0. The predicted molar refractivity (Wildman–Crippen MR) is 254 cm³/mol. The summed E-state index contributed by atoms with van der Waals surface area (Å²) in [6.07, 6.45) is -0.675. The molecule has 1 unspecified atom stereocenters. The standard InChI is InChI=1S/C53H60O8Si2/c1-51(2,3)62(40-21-13-9-14-22-40,41-23-15-10-16-24-41)59-35-44-45(36-60-63(52(4,5)6,42-25-17-11-18-26-42)43-27-19-12-20-28-43)53(54,39-30-32-47-49(34-39)58-37-57-47)61-50(44)38-29-31-46(55-7)48(33-38)56-8/h9-34,44-45,50,54H,35-37H2,1-8H3/t44-,45-,50+,53?/m1/s1. The molecule has 2 aliphatic heterocycles. The van der Waals surface area contributed by atoms with Gasteiger partial charge in [-0.1, -0.05) is 169 Å². The molecule has 10 heteroatoms. The zero-order valence-electron chi connectivity index (χ0n) is 37.7. The van der Waals surface area contributed by atoms with Gasteiger partial charge in [0.25, 0.3) is 16.6 Å². The first-order chi connectivity index (χ1) is 30.3. The highest BCUT2D eigenvalue weighted by atomic mass is 28.4. The van der Waals surface area contributed by atoms with Gasteiger partial charge < -0.3 is 37.6 Å². The fourth-order valence-corrected chi connectivity index (χ4v) is 19.2. The first-order valence-electron chi connectivity index (χ1n) is 21.8. The van der Waals surface area contributed by atoms with E-state index in [1.165, 1.54) is 0 Å². The molecule has 0 aromatic heterocycles. The van der Waals surface area contributed by atoms with Gasteiger partial charge in [-0.2, -0.15) is 0 Å². The summed E-state index contributed by atoms with van der Waals surface area (Å²) in [6.45, 7) is 14.1. The molecule has 1 saturated heterocycles. The molecule has 63 heavy (non-hydrogen) atoms. The maximum Gasteiger partial charge on any atom is 0.261 e. The lowest BCUT2D eigenvalue weighted by atomic mass is 9.81. The van der Waals surface area contributed by atoms with Crippen molar-refractivity contribution in [3.05, 3.63) is 169 Å². The van der Waals surface area contributed by atoms with E-state index in [4.69, 9.17) is 32.5 Å². The molecule has 0 amide bonds. The van der Waals surface area contributed by atoms with E-state index in [1.807, 2.05) is 48.5 Å². The van der Waals surface area contributed by atoms with Crippen LogP contribution in [-0.2, 0) is 19.4 Å². The van der Waals surface area contributed by atoms with Crippen LogP contribution in [0.3, 0.4) is 0 Å². The van der Waals surface area contributed by atoms with Gasteiger partial charge in [0.1, 0.15) is 0 Å². The quantitative estimate of drug-likeness (QED) is 0.109. The molecule has 1 fully saturated rings. The second kappa shape index (κ2) is 17.8. The lowest BCUT2D eigenvalue weighted by molar-refractivity contribution is -0.226. The Kier molecular flexibility index (Phi) is 12.5. The zero-order chi connectivity index (χ0) is 44.5. The summed E-state index contributed by atoms with van der Waals surface area (Å²) in [5, 5.41) is 17.7. The van der Waals surface area contributed by atoms with Gasteiger partial charge in [-0.15, -0.1) is 0 Å². The molecule has 4 atom stereocenters. The van der Waals surface area contributed by atoms with Crippen LogP contribution in [0.1, 0.15) is 58.8 Å². The number of fused-ring (bicyclic) bond motifs is 1. The summed E-state index contributed by atoms with van der Waals surface area (Å²) in [6, 6.07) is 53.9. The number of hydrogen-bond donors (Lipinski definition) is 1. The molecule has 0 saturated carbocycles. The zero-order valence-corrected chi connectivity index (χ0v) is 39.7.